The van der Waals surface area contributed by atoms with Gasteiger partial charge < -0.3 is 5.32 Å². The Morgan fingerprint density at radius 1 is 0.789 bits per heavy atom. The molecule has 5 rings (SSSR count). The van der Waals surface area contributed by atoms with Gasteiger partial charge in [-0.25, -0.2) is 0 Å². The molecule has 0 bridgehead atoms. The van der Waals surface area contributed by atoms with Crippen LogP contribution in [0.3, 0.4) is 0 Å². The first-order valence-electron chi connectivity index (χ1n) is 13.3. The molecule has 1 nitrogen and oxygen atoms in total. The van der Waals surface area contributed by atoms with Gasteiger partial charge in [0.05, 0.1) is 0 Å². The maximum absolute atomic E-state index is 3.95. The third-order valence-electron chi connectivity index (χ3n) is 6.83. The fourth-order valence-electron chi connectivity index (χ4n) is 5.16. The molecule has 1 aliphatic rings. The SMILES string of the molecule is C=C/C=C\C1=C(P(c2ccccc2)c2ccccc2)C(c2ccccc2NCCSc2ccccc2)CC1. The van der Waals surface area contributed by atoms with Gasteiger partial charge in [0, 0.05) is 28.8 Å². The van der Waals surface area contributed by atoms with Gasteiger partial charge in [-0.1, -0.05) is 122 Å². The van der Waals surface area contributed by atoms with Gasteiger partial charge in [0.15, 0.2) is 0 Å². The molecular formula is C35H34NPS. The van der Waals surface area contributed by atoms with Gasteiger partial charge >= 0.3 is 0 Å². The number of benzene rings is 4. The average Bonchev–Trinajstić information content (AvgIpc) is 3.39. The molecular weight excluding hydrogens is 497 g/mol. The van der Waals surface area contributed by atoms with Crippen molar-refractivity contribution in [2.75, 3.05) is 17.6 Å². The van der Waals surface area contributed by atoms with Gasteiger partial charge in [0.2, 0.25) is 0 Å². The molecule has 38 heavy (non-hydrogen) atoms. The molecule has 0 fully saturated rings. The van der Waals surface area contributed by atoms with Crippen LogP contribution in [0.2, 0.25) is 0 Å². The zero-order valence-corrected chi connectivity index (χ0v) is 23.4. The summed E-state index contributed by atoms with van der Waals surface area (Å²) in [5.74, 6) is 1.40. The van der Waals surface area contributed by atoms with Crippen molar-refractivity contribution in [1.82, 2.24) is 0 Å². The van der Waals surface area contributed by atoms with Gasteiger partial charge in [0.1, 0.15) is 0 Å². The number of rotatable bonds is 11. The Morgan fingerprint density at radius 3 is 2.05 bits per heavy atom. The smallest absolute Gasteiger partial charge is 0.0379 e. The summed E-state index contributed by atoms with van der Waals surface area (Å²) < 4.78 is 0. The van der Waals surface area contributed by atoms with E-state index in [4.69, 9.17) is 0 Å². The Balaban J connectivity index is 1.49. The second kappa shape index (κ2) is 13.5. The molecule has 190 valence electrons. The molecule has 0 aliphatic heterocycles. The predicted octanol–water partition coefficient (Wildman–Crippen LogP) is 8.90. The van der Waals surface area contributed by atoms with E-state index in [2.05, 4.69) is 139 Å². The second-order valence-electron chi connectivity index (χ2n) is 9.28. The van der Waals surface area contributed by atoms with Crippen LogP contribution in [0.4, 0.5) is 5.69 Å². The van der Waals surface area contributed by atoms with Gasteiger partial charge in [0.25, 0.3) is 0 Å². The van der Waals surface area contributed by atoms with Crippen LogP contribution in [0.25, 0.3) is 0 Å². The fraction of sp³-hybridized carbons (Fsp3) is 0.143. The van der Waals surface area contributed by atoms with E-state index in [0.717, 1.165) is 25.1 Å². The lowest BCUT2D eigenvalue weighted by Gasteiger charge is -2.28. The van der Waals surface area contributed by atoms with E-state index in [0.29, 0.717) is 5.92 Å². The summed E-state index contributed by atoms with van der Waals surface area (Å²) >= 11 is 1.90. The lowest BCUT2D eigenvalue weighted by Crippen LogP contribution is -2.16. The van der Waals surface area contributed by atoms with E-state index in [1.165, 1.54) is 32.3 Å². The Bertz CT molecular complexity index is 1340. The van der Waals surface area contributed by atoms with Crippen LogP contribution in [-0.2, 0) is 0 Å². The molecule has 1 unspecified atom stereocenters. The summed E-state index contributed by atoms with van der Waals surface area (Å²) in [6.45, 7) is 4.88. The number of hydrogen-bond acceptors (Lipinski definition) is 2. The maximum atomic E-state index is 3.95. The fourth-order valence-corrected chi connectivity index (χ4v) is 8.80. The normalized spacial score (nSPS) is 15.3. The molecule has 0 amide bonds. The van der Waals surface area contributed by atoms with E-state index >= 15 is 0 Å². The van der Waals surface area contributed by atoms with Crippen LogP contribution in [-0.4, -0.2) is 12.3 Å². The van der Waals surface area contributed by atoms with Crippen LogP contribution in [0, 0.1) is 0 Å². The summed E-state index contributed by atoms with van der Waals surface area (Å²) in [4.78, 5) is 1.32. The molecule has 0 radical (unpaired) electrons. The maximum Gasteiger partial charge on any atom is 0.0379 e. The number of hydrogen-bond donors (Lipinski definition) is 1. The highest BCUT2D eigenvalue weighted by molar-refractivity contribution is 7.99. The van der Waals surface area contributed by atoms with E-state index in [1.54, 1.807) is 5.31 Å². The topological polar surface area (TPSA) is 12.0 Å². The van der Waals surface area contributed by atoms with Crippen molar-refractivity contribution in [2.45, 2.75) is 23.7 Å². The zero-order chi connectivity index (χ0) is 26.0. The Morgan fingerprint density at radius 2 is 1.39 bits per heavy atom. The summed E-state index contributed by atoms with van der Waals surface area (Å²) in [7, 11) is -0.667. The molecule has 1 N–H and O–H groups in total. The van der Waals surface area contributed by atoms with Crippen molar-refractivity contribution in [1.29, 1.82) is 0 Å². The molecule has 0 saturated heterocycles. The van der Waals surface area contributed by atoms with Crippen molar-refractivity contribution in [3.8, 4) is 0 Å². The Hall–Kier alpha value is -3.32. The highest BCUT2D eigenvalue weighted by Crippen LogP contribution is 2.58. The summed E-state index contributed by atoms with van der Waals surface area (Å²) in [5, 5.41) is 8.17. The summed E-state index contributed by atoms with van der Waals surface area (Å²) in [6.07, 6.45) is 8.51. The highest BCUT2D eigenvalue weighted by Gasteiger charge is 2.34. The Labute approximate surface area is 233 Å². The number of anilines is 1. The third kappa shape index (κ3) is 6.38. The molecule has 1 aliphatic carbocycles. The molecule has 0 heterocycles. The zero-order valence-electron chi connectivity index (χ0n) is 21.7. The predicted molar refractivity (Wildman–Crippen MR) is 170 cm³/mol. The number of allylic oxidation sites excluding steroid dienone is 5. The van der Waals surface area contributed by atoms with Crippen LogP contribution in [0.1, 0.15) is 24.3 Å². The van der Waals surface area contributed by atoms with Crippen LogP contribution in [0.5, 0.6) is 0 Å². The molecule has 3 heteroatoms. The van der Waals surface area contributed by atoms with Crippen molar-refractivity contribution in [3.63, 3.8) is 0 Å². The highest BCUT2D eigenvalue weighted by atomic mass is 32.2. The summed E-state index contributed by atoms with van der Waals surface area (Å²) in [6, 6.07) is 41.8. The first-order chi connectivity index (χ1) is 18.8. The van der Waals surface area contributed by atoms with Crippen molar-refractivity contribution >= 4 is 36.0 Å². The molecule has 4 aromatic rings. The van der Waals surface area contributed by atoms with Crippen molar-refractivity contribution < 1.29 is 0 Å². The molecule has 0 saturated carbocycles. The van der Waals surface area contributed by atoms with Crippen LogP contribution < -0.4 is 15.9 Å². The summed E-state index contributed by atoms with van der Waals surface area (Å²) in [5.41, 5.74) is 4.13. The number of nitrogens with one attached hydrogen (secondary N) is 1. The second-order valence-corrected chi connectivity index (χ2v) is 12.6. The molecule has 0 spiro atoms. The van der Waals surface area contributed by atoms with E-state index in [9.17, 15) is 0 Å². The monoisotopic (exact) mass is 531 g/mol. The number of para-hydroxylation sites is 1. The standard InChI is InChI=1S/C35H34NPS/c1-2-3-15-28-24-25-33(35(28)37(29-16-7-4-8-17-29)30-18-9-5-10-19-30)32-22-13-14-23-34(32)36-26-27-38-31-20-11-6-12-21-31/h2-23,33,36H,1,24-27H2/b15-3-. The number of thioether (sulfide) groups is 1. The minimum absolute atomic E-state index is 0.372. The molecule has 1 atom stereocenters. The van der Waals surface area contributed by atoms with Gasteiger partial charge in [-0.05, 0) is 66.0 Å². The molecule has 4 aromatic carbocycles. The van der Waals surface area contributed by atoms with E-state index in [-0.39, 0.29) is 0 Å². The van der Waals surface area contributed by atoms with E-state index in [1.807, 2.05) is 17.8 Å². The first kappa shape index (κ1) is 26.3. The largest absolute Gasteiger partial charge is 0.384 e. The van der Waals surface area contributed by atoms with Crippen molar-refractivity contribution in [2.24, 2.45) is 0 Å². The lowest BCUT2D eigenvalue weighted by molar-refractivity contribution is 0.790. The van der Waals surface area contributed by atoms with Gasteiger partial charge in [-0.3, -0.25) is 0 Å². The average molecular weight is 532 g/mol. The minimum atomic E-state index is -0.667. The van der Waals surface area contributed by atoms with Crippen LogP contribution in [0.15, 0.2) is 156 Å². The van der Waals surface area contributed by atoms with E-state index < -0.39 is 7.92 Å². The van der Waals surface area contributed by atoms with Crippen molar-refractivity contribution in [3.05, 3.63) is 157 Å². The first-order valence-corrected chi connectivity index (χ1v) is 15.6. The van der Waals surface area contributed by atoms with Gasteiger partial charge in [-0.2, -0.15) is 0 Å². The molecule has 0 aromatic heterocycles. The quantitative estimate of drug-likeness (QED) is 0.0898. The minimum Gasteiger partial charge on any atom is -0.384 e. The lowest BCUT2D eigenvalue weighted by atomic mass is 9.96. The van der Waals surface area contributed by atoms with Crippen LogP contribution >= 0.6 is 19.7 Å². The third-order valence-corrected chi connectivity index (χ3v) is 10.6. The van der Waals surface area contributed by atoms with Gasteiger partial charge in [-0.15, -0.1) is 11.8 Å². The Kier molecular flexibility index (Phi) is 9.32.